The number of para-hydroxylation sites is 1. The van der Waals surface area contributed by atoms with Gasteiger partial charge in [-0.3, -0.25) is 9.69 Å². The number of anilines is 1. The maximum absolute atomic E-state index is 14.5. The fourth-order valence-corrected chi connectivity index (χ4v) is 5.54. The second kappa shape index (κ2) is 8.02. The SMILES string of the molecule is O=C([C@@H]1CC(F)(F)CN1Cc1cc(Cl)ccc1Cl)N1CCC(C2CC2)c2ccccc21. The summed E-state index contributed by atoms with van der Waals surface area (Å²) >= 11 is 12.4. The van der Waals surface area contributed by atoms with Gasteiger partial charge in [0.05, 0.1) is 12.6 Å². The molecule has 0 spiro atoms. The number of likely N-dealkylation sites (tertiary alicyclic amines) is 1. The summed E-state index contributed by atoms with van der Waals surface area (Å²) in [5, 5.41) is 0.950. The van der Waals surface area contributed by atoms with Gasteiger partial charge < -0.3 is 4.90 Å². The Morgan fingerprint density at radius 1 is 1.10 bits per heavy atom. The first-order valence-corrected chi connectivity index (χ1v) is 11.5. The van der Waals surface area contributed by atoms with Gasteiger partial charge in [0.15, 0.2) is 0 Å². The molecule has 1 saturated heterocycles. The normalized spacial score (nSPS) is 25.5. The molecule has 3 nitrogen and oxygen atoms in total. The lowest BCUT2D eigenvalue weighted by Crippen LogP contribution is -2.47. The van der Waals surface area contributed by atoms with Crippen molar-refractivity contribution < 1.29 is 13.6 Å². The van der Waals surface area contributed by atoms with Crippen molar-refractivity contribution in [1.29, 1.82) is 0 Å². The lowest BCUT2D eigenvalue weighted by Gasteiger charge is -2.37. The number of carbonyl (C=O) groups excluding carboxylic acids is 1. The van der Waals surface area contributed by atoms with Gasteiger partial charge >= 0.3 is 0 Å². The number of benzene rings is 2. The van der Waals surface area contributed by atoms with Crippen molar-refractivity contribution in [2.45, 2.75) is 50.1 Å². The Balaban J connectivity index is 1.42. The van der Waals surface area contributed by atoms with Crippen molar-refractivity contribution >= 4 is 34.8 Å². The zero-order chi connectivity index (χ0) is 21.8. The minimum atomic E-state index is -2.92. The molecule has 0 aromatic heterocycles. The fourth-order valence-electron chi connectivity index (χ4n) is 5.16. The lowest BCUT2D eigenvalue weighted by molar-refractivity contribution is -0.123. The maximum atomic E-state index is 14.5. The van der Waals surface area contributed by atoms with Crippen LogP contribution >= 0.6 is 23.2 Å². The number of halogens is 4. The summed E-state index contributed by atoms with van der Waals surface area (Å²) in [4.78, 5) is 16.9. The Kier molecular flexibility index (Phi) is 5.48. The minimum absolute atomic E-state index is 0.158. The predicted molar refractivity (Wildman–Crippen MR) is 119 cm³/mol. The van der Waals surface area contributed by atoms with Gasteiger partial charge in [-0.25, -0.2) is 8.78 Å². The van der Waals surface area contributed by atoms with Crippen molar-refractivity contribution in [2.24, 2.45) is 5.92 Å². The van der Waals surface area contributed by atoms with Gasteiger partial charge in [0.2, 0.25) is 5.91 Å². The van der Waals surface area contributed by atoms with Gasteiger partial charge in [0.25, 0.3) is 5.92 Å². The van der Waals surface area contributed by atoms with Crippen LogP contribution in [-0.4, -0.2) is 35.9 Å². The van der Waals surface area contributed by atoms with Crippen LogP contribution in [0, 0.1) is 5.92 Å². The number of rotatable bonds is 4. The molecule has 2 heterocycles. The van der Waals surface area contributed by atoms with Crippen LogP contribution in [0.15, 0.2) is 42.5 Å². The molecule has 1 saturated carbocycles. The van der Waals surface area contributed by atoms with Crippen LogP contribution in [0.1, 0.15) is 42.7 Å². The number of alkyl halides is 2. The maximum Gasteiger partial charge on any atom is 0.262 e. The average Bonchev–Trinajstić information content (AvgIpc) is 3.53. The highest BCUT2D eigenvalue weighted by molar-refractivity contribution is 6.33. The molecule has 2 aromatic carbocycles. The van der Waals surface area contributed by atoms with Gasteiger partial charge in [-0.2, -0.15) is 0 Å². The van der Waals surface area contributed by atoms with Crippen molar-refractivity contribution in [3.05, 3.63) is 63.6 Å². The molecule has 3 aliphatic rings. The highest BCUT2D eigenvalue weighted by Gasteiger charge is 2.50. The van der Waals surface area contributed by atoms with Gasteiger partial charge in [-0.05, 0) is 66.5 Å². The van der Waals surface area contributed by atoms with E-state index in [1.807, 2.05) is 18.2 Å². The molecule has 5 rings (SSSR count). The van der Waals surface area contributed by atoms with E-state index in [0.717, 1.165) is 12.1 Å². The van der Waals surface area contributed by atoms with Crippen molar-refractivity contribution in [3.63, 3.8) is 0 Å². The zero-order valence-corrected chi connectivity index (χ0v) is 18.5. The Hall–Kier alpha value is -1.69. The van der Waals surface area contributed by atoms with E-state index in [4.69, 9.17) is 23.2 Å². The molecule has 1 aliphatic carbocycles. The van der Waals surface area contributed by atoms with Gasteiger partial charge in [-0.1, -0.05) is 41.4 Å². The molecule has 1 amide bonds. The Morgan fingerprint density at radius 2 is 1.87 bits per heavy atom. The van der Waals surface area contributed by atoms with Crippen LogP contribution < -0.4 is 4.90 Å². The Bertz CT molecular complexity index is 1010. The standard InChI is InChI=1S/C24H24Cl2F2N2O/c25-17-7-8-20(26)16(11-17)13-29-14-24(27,28)12-22(29)23(31)30-10-9-18(15-5-6-15)19-3-1-2-4-21(19)30/h1-4,7-8,11,15,18,22H,5-6,9-10,12-14H2/t18?,22-/m0/s1. The van der Waals surface area contributed by atoms with E-state index in [0.29, 0.717) is 34.0 Å². The third-order valence-electron chi connectivity index (χ3n) is 6.78. The van der Waals surface area contributed by atoms with Crippen molar-refractivity contribution in [2.75, 3.05) is 18.0 Å². The average molecular weight is 465 g/mol. The van der Waals surface area contributed by atoms with E-state index in [-0.39, 0.29) is 12.5 Å². The lowest BCUT2D eigenvalue weighted by atomic mass is 9.86. The minimum Gasteiger partial charge on any atom is -0.311 e. The smallest absolute Gasteiger partial charge is 0.262 e. The number of nitrogens with zero attached hydrogens (tertiary/aromatic N) is 2. The molecule has 2 fully saturated rings. The van der Waals surface area contributed by atoms with Crippen LogP contribution in [0.3, 0.4) is 0 Å². The number of amides is 1. The summed E-state index contributed by atoms with van der Waals surface area (Å²) in [6.45, 7) is 0.267. The predicted octanol–water partition coefficient (Wildman–Crippen LogP) is 6.13. The quantitative estimate of drug-likeness (QED) is 0.542. The molecule has 7 heteroatoms. The summed E-state index contributed by atoms with van der Waals surface area (Å²) < 4.78 is 28.9. The van der Waals surface area contributed by atoms with E-state index in [9.17, 15) is 13.6 Å². The van der Waals surface area contributed by atoms with E-state index in [1.54, 1.807) is 28.0 Å². The highest BCUT2D eigenvalue weighted by Crippen LogP contribution is 2.49. The highest BCUT2D eigenvalue weighted by atomic mass is 35.5. The number of carbonyl (C=O) groups is 1. The Labute approximate surface area is 190 Å². The van der Waals surface area contributed by atoms with Crippen LogP contribution in [0.2, 0.25) is 10.0 Å². The fraction of sp³-hybridized carbons (Fsp3) is 0.458. The van der Waals surface area contributed by atoms with Crippen LogP contribution in [0.4, 0.5) is 14.5 Å². The van der Waals surface area contributed by atoms with E-state index in [1.165, 1.54) is 18.4 Å². The second-order valence-corrected chi connectivity index (χ2v) is 9.84. The summed E-state index contributed by atoms with van der Waals surface area (Å²) in [5.74, 6) is -2.02. The first kappa shape index (κ1) is 21.2. The first-order chi connectivity index (χ1) is 14.8. The number of fused-ring (bicyclic) bond motifs is 1. The monoisotopic (exact) mass is 464 g/mol. The summed E-state index contributed by atoms with van der Waals surface area (Å²) in [7, 11) is 0. The number of hydrogen-bond acceptors (Lipinski definition) is 2. The van der Waals surface area contributed by atoms with Crippen LogP contribution in [0.5, 0.6) is 0 Å². The summed E-state index contributed by atoms with van der Waals surface area (Å²) in [6.07, 6.45) is 2.87. The first-order valence-electron chi connectivity index (χ1n) is 10.8. The molecule has 2 aromatic rings. The van der Waals surface area contributed by atoms with Gasteiger partial charge in [0.1, 0.15) is 0 Å². The molecule has 31 heavy (non-hydrogen) atoms. The van der Waals surface area contributed by atoms with Crippen molar-refractivity contribution in [3.8, 4) is 0 Å². The molecule has 0 N–H and O–H groups in total. The molecule has 164 valence electrons. The molecular formula is C24H24Cl2F2N2O. The summed E-state index contributed by atoms with van der Waals surface area (Å²) in [6, 6.07) is 12.1. The third kappa shape index (κ3) is 4.20. The van der Waals surface area contributed by atoms with Gasteiger partial charge in [0, 0.05) is 35.2 Å². The molecule has 1 unspecified atom stereocenters. The van der Waals surface area contributed by atoms with E-state index in [2.05, 4.69) is 6.07 Å². The van der Waals surface area contributed by atoms with Crippen LogP contribution in [0.25, 0.3) is 0 Å². The molecule has 2 aliphatic heterocycles. The molecule has 0 radical (unpaired) electrons. The molecular weight excluding hydrogens is 441 g/mol. The third-order valence-corrected chi connectivity index (χ3v) is 7.39. The number of hydrogen-bond donors (Lipinski definition) is 0. The second-order valence-electron chi connectivity index (χ2n) is 9.00. The van der Waals surface area contributed by atoms with Crippen LogP contribution in [-0.2, 0) is 11.3 Å². The van der Waals surface area contributed by atoms with E-state index >= 15 is 0 Å². The molecule has 2 atom stereocenters. The topological polar surface area (TPSA) is 23.6 Å². The largest absolute Gasteiger partial charge is 0.311 e. The molecule has 0 bridgehead atoms. The Morgan fingerprint density at radius 3 is 2.65 bits per heavy atom. The summed E-state index contributed by atoms with van der Waals surface area (Å²) in [5.41, 5.74) is 2.71. The van der Waals surface area contributed by atoms with Gasteiger partial charge in [-0.15, -0.1) is 0 Å². The van der Waals surface area contributed by atoms with Crippen molar-refractivity contribution in [1.82, 2.24) is 4.90 Å². The zero-order valence-electron chi connectivity index (χ0n) is 17.0. The van der Waals surface area contributed by atoms with E-state index < -0.39 is 24.9 Å².